The number of ether oxygens (including phenoxy) is 1. The van der Waals surface area contributed by atoms with Gasteiger partial charge in [-0.15, -0.1) is 0 Å². The van der Waals surface area contributed by atoms with E-state index in [1.54, 1.807) is 24.3 Å². The van der Waals surface area contributed by atoms with Gasteiger partial charge >= 0.3 is 5.97 Å². The predicted octanol–water partition coefficient (Wildman–Crippen LogP) is 2.70. The fourth-order valence-corrected chi connectivity index (χ4v) is 3.24. The first-order valence-electron chi connectivity index (χ1n) is 8.90. The van der Waals surface area contributed by atoms with Gasteiger partial charge in [0.1, 0.15) is 6.04 Å². The number of hydrogen-bond donors (Lipinski definition) is 2. The molecule has 0 bridgehead atoms. The van der Waals surface area contributed by atoms with Gasteiger partial charge in [-0.05, 0) is 37.8 Å². The molecular weight excluding hydrogens is 356 g/mol. The molecule has 1 aromatic carbocycles. The van der Waals surface area contributed by atoms with Crippen LogP contribution in [0, 0.1) is 5.92 Å². The SMILES string of the molecule is C[C@H](NC(=O)c1ccccc1Cl)C(=O)OCC(=O)N[C@@H]1CCCC[C@H]1C. The first kappa shape index (κ1) is 20.2. The summed E-state index contributed by atoms with van der Waals surface area (Å²) in [6, 6.07) is 5.79. The van der Waals surface area contributed by atoms with Crippen LogP contribution in [0.1, 0.15) is 49.9 Å². The molecule has 1 aliphatic carbocycles. The topological polar surface area (TPSA) is 84.5 Å². The van der Waals surface area contributed by atoms with Crippen molar-refractivity contribution >= 4 is 29.4 Å². The Bertz CT molecular complexity index is 665. The number of rotatable bonds is 6. The van der Waals surface area contributed by atoms with Gasteiger partial charge in [-0.3, -0.25) is 9.59 Å². The van der Waals surface area contributed by atoms with Crippen LogP contribution >= 0.6 is 11.6 Å². The summed E-state index contributed by atoms with van der Waals surface area (Å²) in [5.74, 6) is -1.03. The Labute approximate surface area is 158 Å². The third kappa shape index (κ3) is 5.73. The Kier molecular flexibility index (Phi) is 7.45. The largest absolute Gasteiger partial charge is 0.454 e. The lowest BCUT2D eigenvalue weighted by atomic mass is 9.86. The average molecular weight is 381 g/mol. The molecular formula is C19H25ClN2O4. The molecule has 0 aliphatic heterocycles. The van der Waals surface area contributed by atoms with Crippen molar-refractivity contribution in [2.24, 2.45) is 5.92 Å². The van der Waals surface area contributed by atoms with E-state index in [4.69, 9.17) is 16.3 Å². The quantitative estimate of drug-likeness (QED) is 0.743. The number of benzene rings is 1. The summed E-state index contributed by atoms with van der Waals surface area (Å²) in [6.45, 7) is 3.26. The molecule has 1 saturated carbocycles. The second kappa shape index (κ2) is 9.57. The van der Waals surface area contributed by atoms with Gasteiger partial charge in [0, 0.05) is 6.04 Å². The summed E-state index contributed by atoms with van der Waals surface area (Å²) in [5.41, 5.74) is 0.276. The van der Waals surface area contributed by atoms with E-state index in [0.29, 0.717) is 10.9 Å². The zero-order valence-electron chi connectivity index (χ0n) is 15.1. The lowest BCUT2D eigenvalue weighted by Crippen LogP contribution is -2.44. The number of carbonyl (C=O) groups is 3. The molecule has 0 spiro atoms. The van der Waals surface area contributed by atoms with Crippen LogP contribution in [0.25, 0.3) is 0 Å². The van der Waals surface area contributed by atoms with Crippen LogP contribution in [0.5, 0.6) is 0 Å². The number of halogens is 1. The molecule has 6 nitrogen and oxygen atoms in total. The molecule has 3 atom stereocenters. The van der Waals surface area contributed by atoms with Crippen LogP contribution < -0.4 is 10.6 Å². The summed E-state index contributed by atoms with van der Waals surface area (Å²) in [7, 11) is 0. The van der Waals surface area contributed by atoms with E-state index in [-0.39, 0.29) is 24.1 Å². The second-order valence-corrected chi connectivity index (χ2v) is 7.13. The molecule has 0 heterocycles. The number of hydrogen-bond acceptors (Lipinski definition) is 4. The molecule has 0 saturated heterocycles. The van der Waals surface area contributed by atoms with Crippen molar-refractivity contribution in [1.29, 1.82) is 0 Å². The van der Waals surface area contributed by atoms with Crippen molar-refractivity contribution < 1.29 is 19.1 Å². The minimum Gasteiger partial charge on any atom is -0.454 e. The van der Waals surface area contributed by atoms with Crippen LogP contribution in [-0.4, -0.2) is 36.5 Å². The van der Waals surface area contributed by atoms with Crippen molar-refractivity contribution in [1.82, 2.24) is 10.6 Å². The van der Waals surface area contributed by atoms with Gasteiger partial charge in [0.25, 0.3) is 11.8 Å². The van der Waals surface area contributed by atoms with Crippen LogP contribution in [0.15, 0.2) is 24.3 Å². The Morgan fingerprint density at radius 3 is 2.62 bits per heavy atom. The predicted molar refractivity (Wildman–Crippen MR) is 98.9 cm³/mol. The highest BCUT2D eigenvalue weighted by atomic mass is 35.5. The summed E-state index contributed by atoms with van der Waals surface area (Å²) in [6.07, 6.45) is 4.33. The van der Waals surface area contributed by atoms with E-state index < -0.39 is 17.9 Å². The standard InChI is InChI=1S/C19H25ClN2O4/c1-12-7-3-6-10-16(12)22-17(23)11-26-19(25)13(2)21-18(24)14-8-4-5-9-15(14)20/h4-5,8-9,12-13,16H,3,6-7,10-11H2,1-2H3,(H,21,24)(H,22,23)/t12-,13+,16-/m1/s1. The monoisotopic (exact) mass is 380 g/mol. The lowest BCUT2D eigenvalue weighted by molar-refractivity contribution is -0.150. The second-order valence-electron chi connectivity index (χ2n) is 6.72. The highest BCUT2D eigenvalue weighted by Crippen LogP contribution is 2.23. The highest BCUT2D eigenvalue weighted by Gasteiger charge is 2.24. The van der Waals surface area contributed by atoms with Crippen LogP contribution in [0.3, 0.4) is 0 Å². The van der Waals surface area contributed by atoms with E-state index in [0.717, 1.165) is 19.3 Å². The lowest BCUT2D eigenvalue weighted by Gasteiger charge is -2.29. The van der Waals surface area contributed by atoms with Gasteiger partial charge in [0.2, 0.25) is 0 Å². The Hall–Kier alpha value is -2.08. The average Bonchev–Trinajstić information content (AvgIpc) is 2.61. The highest BCUT2D eigenvalue weighted by molar-refractivity contribution is 6.33. The van der Waals surface area contributed by atoms with Crippen molar-refractivity contribution in [3.8, 4) is 0 Å². The summed E-state index contributed by atoms with van der Waals surface area (Å²) in [4.78, 5) is 36.1. The Morgan fingerprint density at radius 1 is 1.23 bits per heavy atom. The van der Waals surface area contributed by atoms with Crippen LogP contribution in [0.2, 0.25) is 5.02 Å². The minimum atomic E-state index is -0.889. The normalized spacial score (nSPS) is 20.7. The summed E-state index contributed by atoms with van der Waals surface area (Å²) in [5, 5.41) is 5.73. The Balaban J connectivity index is 1.77. The molecule has 2 rings (SSSR count). The molecule has 1 fully saturated rings. The molecule has 142 valence electrons. The number of nitrogens with one attached hydrogen (secondary N) is 2. The molecule has 0 radical (unpaired) electrons. The number of esters is 1. The molecule has 1 aliphatic rings. The van der Waals surface area contributed by atoms with Crippen LogP contribution in [-0.2, 0) is 14.3 Å². The van der Waals surface area contributed by atoms with E-state index in [2.05, 4.69) is 17.6 Å². The number of amides is 2. The van der Waals surface area contributed by atoms with E-state index >= 15 is 0 Å². The molecule has 2 amide bonds. The van der Waals surface area contributed by atoms with Gasteiger partial charge in [-0.2, -0.15) is 0 Å². The molecule has 0 unspecified atom stereocenters. The zero-order valence-corrected chi connectivity index (χ0v) is 15.8. The van der Waals surface area contributed by atoms with Gasteiger partial charge in [0.05, 0.1) is 10.6 Å². The van der Waals surface area contributed by atoms with E-state index in [9.17, 15) is 14.4 Å². The fourth-order valence-electron chi connectivity index (χ4n) is 3.02. The maximum atomic E-state index is 12.1. The smallest absolute Gasteiger partial charge is 0.328 e. The van der Waals surface area contributed by atoms with Gasteiger partial charge in [-0.1, -0.05) is 43.5 Å². The van der Waals surface area contributed by atoms with Crippen molar-refractivity contribution in [2.45, 2.75) is 51.6 Å². The maximum absolute atomic E-state index is 12.1. The van der Waals surface area contributed by atoms with Gasteiger partial charge < -0.3 is 15.4 Å². The third-order valence-electron chi connectivity index (χ3n) is 4.62. The molecule has 7 heteroatoms. The maximum Gasteiger partial charge on any atom is 0.328 e. The summed E-state index contributed by atoms with van der Waals surface area (Å²) >= 11 is 5.96. The van der Waals surface area contributed by atoms with Crippen molar-refractivity contribution in [3.63, 3.8) is 0 Å². The van der Waals surface area contributed by atoms with Gasteiger partial charge in [0.15, 0.2) is 6.61 Å². The molecule has 1 aromatic rings. The molecule has 0 aromatic heterocycles. The van der Waals surface area contributed by atoms with E-state index in [1.807, 2.05) is 0 Å². The van der Waals surface area contributed by atoms with Crippen molar-refractivity contribution in [2.75, 3.05) is 6.61 Å². The fraction of sp³-hybridized carbons (Fsp3) is 0.526. The van der Waals surface area contributed by atoms with E-state index in [1.165, 1.54) is 13.3 Å². The first-order chi connectivity index (χ1) is 12.4. The third-order valence-corrected chi connectivity index (χ3v) is 4.95. The summed E-state index contributed by atoms with van der Waals surface area (Å²) < 4.78 is 5.01. The Morgan fingerprint density at radius 2 is 1.92 bits per heavy atom. The van der Waals surface area contributed by atoms with Crippen LogP contribution in [0.4, 0.5) is 0 Å². The first-order valence-corrected chi connectivity index (χ1v) is 9.27. The zero-order chi connectivity index (χ0) is 19.1. The minimum absolute atomic E-state index is 0.132. The van der Waals surface area contributed by atoms with Crippen molar-refractivity contribution in [3.05, 3.63) is 34.9 Å². The number of carbonyl (C=O) groups excluding carboxylic acids is 3. The molecule has 26 heavy (non-hydrogen) atoms. The van der Waals surface area contributed by atoms with Gasteiger partial charge in [-0.25, -0.2) is 4.79 Å². The molecule has 2 N–H and O–H groups in total.